The molecule has 1 aliphatic carbocycles. The zero-order valence-electron chi connectivity index (χ0n) is 12.3. The fourth-order valence-electron chi connectivity index (χ4n) is 2.98. The SMILES string of the molecule is Cc1sc2ccccc2c1C(=O)N[C@@H]1CC=CC[C@H]1C(N)=O. The number of nitrogens with one attached hydrogen (secondary N) is 1. The van der Waals surface area contributed by atoms with E-state index < -0.39 is 0 Å². The lowest BCUT2D eigenvalue weighted by Gasteiger charge is -2.27. The van der Waals surface area contributed by atoms with Gasteiger partial charge >= 0.3 is 0 Å². The van der Waals surface area contributed by atoms with Crippen molar-refractivity contribution in [2.45, 2.75) is 25.8 Å². The van der Waals surface area contributed by atoms with Gasteiger partial charge in [-0.2, -0.15) is 0 Å². The molecule has 0 spiro atoms. The highest BCUT2D eigenvalue weighted by atomic mass is 32.1. The van der Waals surface area contributed by atoms with Gasteiger partial charge in [0, 0.05) is 21.0 Å². The molecular weight excluding hydrogens is 296 g/mol. The van der Waals surface area contributed by atoms with Crippen molar-refractivity contribution in [3.05, 3.63) is 46.9 Å². The third kappa shape index (κ3) is 2.64. The average molecular weight is 314 g/mol. The number of hydrogen-bond acceptors (Lipinski definition) is 3. The predicted octanol–water partition coefficient (Wildman–Crippen LogP) is 2.76. The van der Waals surface area contributed by atoms with Crippen molar-refractivity contribution in [3.8, 4) is 0 Å². The number of thiophene rings is 1. The minimum atomic E-state index is -0.360. The van der Waals surface area contributed by atoms with Crippen LogP contribution in [-0.2, 0) is 4.79 Å². The van der Waals surface area contributed by atoms with E-state index in [-0.39, 0.29) is 23.8 Å². The second-order valence-corrected chi connectivity index (χ2v) is 6.82. The number of benzene rings is 1. The van der Waals surface area contributed by atoms with Gasteiger partial charge < -0.3 is 11.1 Å². The summed E-state index contributed by atoms with van der Waals surface area (Å²) in [7, 11) is 0. The fraction of sp³-hybridized carbons (Fsp3) is 0.294. The molecule has 5 heteroatoms. The molecule has 0 saturated carbocycles. The molecule has 2 atom stereocenters. The summed E-state index contributed by atoms with van der Waals surface area (Å²) in [6.07, 6.45) is 5.16. The van der Waals surface area contributed by atoms with Gasteiger partial charge in [0.2, 0.25) is 5.91 Å². The zero-order valence-corrected chi connectivity index (χ0v) is 13.2. The highest BCUT2D eigenvalue weighted by Gasteiger charge is 2.29. The molecule has 3 rings (SSSR count). The first-order chi connectivity index (χ1) is 10.6. The number of carbonyl (C=O) groups excluding carboxylic acids is 2. The summed E-state index contributed by atoms with van der Waals surface area (Å²) in [6, 6.07) is 7.64. The van der Waals surface area contributed by atoms with E-state index in [1.54, 1.807) is 11.3 Å². The first kappa shape index (κ1) is 14.8. The van der Waals surface area contributed by atoms with Gasteiger partial charge in [-0.25, -0.2) is 0 Å². The molecule has 0 saturated heterocycles. The number of carbonyl (C=O) groups is 2. The van der Waals surface area contributed by atoms with Crippen LogP contribution in [0.1, 0.15) is 28.1 Å². The van der Waals surface area contributed by atoms with Crippen LogP contribution in [0.2, 0.25) is 0 Å². The van der Waals surface area contributed by atoms with Crippen LogP contribution in [0.3, 0.4) is 0 Å². The maximum Gasteiger partial charge on any atom is 0.253 e. The van der Waals surface area contributed by atoms with Gasteiger partial charge in [0.1, 0.15) is 0 Å². The maximum absolute atomic E-state index is 12.7. The first-order valence-corrected chi connectivity index (χ1v) is 8.13. The molecule has 1 heterocycles. The van der Waals surface area contributed by atoms with E-state index in [4.69, 9.17) is 5.73 Å². The second kappa shape index (κ2) is 5.93. The van der Waals surface area contributed by atoms with Crippen molar-refractivity contribution in [1.29, 1.82) is 0 Å². The number of nitrogens with two attached hydrogens (primary N) is 1. The van der Waals surface area contributed by atoms with Crippen molar-refractivity contribution < 1.29 is 9.59 Å². The Hall–Kier alpha value is -2.14. The molecule has 0 unspecified atom stereocenters. The molecule has 114 valence electrons. The summed E-state index contributed by atoms with van der Waals surface area (Å²) in [4.78, 5) is 25.2. The Morgan fingerprint density at radius 2 is 1.95 bits per heavy atom. The van der Waals surface area contributed by atoms with Gasteiger partial charge in [-0.15, -0.1) is 11.3 Å². The van der Waals surface area contributed by atoms with Gasteiger partial charge in [-0.3, -0.25) is 9.59 Å². The van der Waals surface area contributed by atoms with Crippen LogP contribution < -0.4 is 11.1 Å². The van der Waals surface area contributed by atoms with Crippen LogP contribution >= 0.6 is 11.3 Å². The minimum Gasteiger partial charge on any atom is -0.369 e. The van der Waals surface area contributed by atoms with E-state index in [1.165, 1.54) is 0 Å². The first-order valence-electron chi connectivity index (χ1n) is 7.31. The van der Waals surface area contributed by atoms with E-state index in [2.05, 4.69) is 5.32 Å². The lowest BCUT2D eigenvalue weighted by molar-refractivity contribution is -0.122. The van der Waals surface area contributed by atoms with Gasteiger partial charge in [0.25, 0.3) is 5.91 Å². The van der Waals surface area contributed by atoms with Crippen molar-refractivity contribution in [1.82, 2.24) is 5.32 Å². The summed E-state index contributed by atoms with van der Waals surface area (Å²) in [5, 5.41) is 3.96. The van der Waals surface area contributed by atoms with E-state index in [0.29, 0.717) is 18.4 Å². The van der Waals surface area contributed by atoms with Crippen LogP contribution in [-0.4, -0.2) is 17.9 Å². The highest BCUT2D eigenvalue weighted by Crippen LogP contribution is 2.31. The summed E-state index contributed by atoms with van der Waals surface area (Å²) in [6.45, 7) is 1.95. The summed E-state index contributed by atoms with van der Waals surface area (Å²) in [5.74, 6) is -0.817. The normalized spacial score (nSPS) is 21.0. The molecule has 1 aromatic heterocycles. The van der Waals surface area contributed by atoms with Crippen LogP contribution in [0, 0.1) is 12.8 Å². The van der Waals surface area contributed by atoms with Crippen LogP contribution in [0.4, 0.5) is 0 Å². The molecule has 1 aromatic carbocycles. The van der Waals surface area contributed by atoms with Gasteiger partial charge in [0.05, 0.1) is 11.5 Å². The van der Waals surface area contributed by atoms with Crippen molar-refractivity contribution >= 4 is 33.2 Å². The molecule has 4 nitrogen and oxygen atoms in total. The average Bonchev–Trinajstić information content (AvgIpc) is 2.83. The minimum absolute atomic E-state index is 0.124. The van der Waals surface area contributed by atoms with E-state index in [9.17, 15) is 9.59 Å². The zero-order chi connectivity index (χ0) is 15.7. The second-order valence-electron chi connectivity index (χ2n) is 5.56. The number of amides is 2. The van der Waals surface area contributed by atoms with Crippen molar-refractivity contribution in [3.63, 3.8) is 0 Å². The Morgan fingerprint density at radius 3 is 2.73 bits per heavy atom. The lowest BCUT2D eigenvalue weighted by atomic mass is 9.88. The molecule has 0 fully saturated rings. The Kier molecular flexibility index (Phi) is 3.98. The third-order valence-electron chi connectivity index (χ3n) is 4.11. The summed E-state index contributed by atoms with van der Waals surface area (Å²) in [5.41, 5.74) is 6.16. The van der Waals surface area contributed by atoms with E-state index in [0.717, 1.165) is 15.0 Å². The monoisotopic (exact) mass is 314 g/mol. The summed E-state index contributed by atoms with van der Waals surface area (Å²) < 4.78 is 1.10. The molecule has 3 N–H and O–H groups in total. The maximum atomic E-state index is 12.7. The third-order valence-corrected chi connectivity index (χ3v) is 5.20. The Morgan fingerprint density at radius 1 is 1.23 bits per heavy atom. The molecule has 0 radical (unpaired) electrons. The van der Waals surface area contributed by atoms with E-state index in [1.807, 2.05) is 43.3 Å². The lowest BCUT2D eigenvalue weighted by Crippen LogP contribution is -2.46. The van der Waals surface area contributed by atoms with Crippen LogP contribution in [0.5, 0.6) is 0 Å². The molecule has 0 bridgehead atoms. The molecular formula is C17H18N2O2S. The quantitative estimate of drug-likeness (QED) is 0.855. The van der Waals surface area contributed by atoms with Gasteiger partial charge in [-0.1, -0.05) is 30.4 Å². The standard InChI is InChI=1S/C17H18N2O2S/c1-10-15(12-7-3-5-9-14(12)22-10)17(21)19-13-8-4-2-6-11(13)16(18)20/h2-5,7,9,11,13H,6,8H2,1H3,(H2,18,20)(H,19,21)/t11-,13-/m1/s1. The molecule has 0 aliphatic heterocycles. The number of fused-ring (bicyclic) bond motifs is 1. The number of aryl methyl sites for hydroxylation is 1. The smallest absolute Gasteiger partial charge is 0.253 e. The Balaban J connectivity index is 1.88. The highest BCUT2D eigenvalue weighted by molar-refractivity contribution is 7.19. The van der Waals surface area contributed by atoms with E-state index >= 15 is 0 Å². The Labute approximate surface area is 133 Å². The van der Waals surface area contributed by atoms with Gasteiger partial charge in [-0.05, 0) is 25.8 Å². The Bertz CT molecular complexity index is 763. The number of allylic oxidation sites excluding steroid dienone is 1. The summed E-state index contributed by atoms with van der Waals surface area (Å²) >= 11 is 1.61. The molecule has 22 heavy (non-hydrogen) atoms. The fourth-order valence-corrected chi connectivity index (χ4v) is 4.04. The molecule has 1 aliphatic rings. The molecule has 2 amide bonds. The van der Waals surface area contributed by atoms with Crippen molar-refractivity contribution in [2.75, 3.05) is 0 Å². The topological polar surface area (TPSA) is 72.2 Å². The van der Waals surface area contributed by atoms with Crippen molar-refractivity contribution in [2.24, 2.45) is 11.7 Å². The molecule has 2 aromatic rings. The number of rotatable bonds is 3. The number of hydrogen-bond donors (Lipinski definition) is 2. The number of primary amides is 1. The predicted molar refractivity (Wildman–Crippen MR) is 88.9 cm³/mol. The largest absolute Gasteiger partial charge is 0.369 e. The van der Waals surface area contributed by atoms with Gasteiger partial charge in [0.15, 0.2) is 0 Å². The van der Waals surface area contributed by atoms with Crippen LogP contribution in [0.15, 0.2) is 36.4 Å². The van der Waals surface area contributed by atoms with Crippen LogP contribution in [0.25, 0.3) is 10.1 Å².